The Morgan fingerprint density at radius 3 is 2.39 bits per heavy atom. The second-order valence-corrected chi connectivity index (χ2v) is 5.06. The van der Waals surface area contributed by atoms with Gasteiger partial charge in [0.2, 0.25) is 0 Å². The molecule has 0 radical (unpaired) electrons. The summed E-state index contributed by atoms with van der Waals surface area (Å²) in [6, 6.07) is 9.70. The Hall–Kier alpha value is -1.64. The normalized spacial score (nSPS) is 29.7. The quantitative estimate of drug-likeness (QED) is 0.605. The van der Waals surface area contributed by atoms with E-state index in [0.29, 0.717) is 13.0 Å². The number of esters is 1. The maximum Gasteiger partial charge on any atom is 0.320 e. The molecule has 2 atom stereocenters. The lowest BCUT2D eigenvalue weighted by molar-refractivity contribution is -0.154. The summed E-state index contributed by atoms with van der Waals surface area (Å²) in [7, 11) is 0. The van der Waals surface area contributed by atoms with Crippen molar-refractivity contribution < 1.29 is 14.3 Å². The maximum atomic E-state index is 12.1. The van der Waals surface area contributed by atoms with Crippen molar-refractivity contribution in [2.75, 3.05) is 6.61 Å². The van der Waals surface area contributed by atoms with Crippen molar-refractivity contribution >= 4 is 11.8 Å². The summed E-state index contributed by atoms with van der Waals surface area (Å²) in [5, 5.41) is 0. The van der Waals surface area contributed by atoms with Crippen LogP contribution in [0.4, 0.5) is 0 Å². The van der Waals surface area contributed by atoms with E-state index in [-0.39, 0.29) is 11.8 Å². The van der Waals surface area contributed by atoms with Gasteiger partial charge in [-0.3, -0.25) is 9.59 Å². The highest BCUT2D eigenvalue weighted by atomic mass is 16.5. The Balaban J connectivity index is 2.38. The van der Waals surface area contributed by atoms with E-state index < -0.39 is 10.8 Å². The minimum Gasteiger partial charge on any atom is -0.465 e. The predicted molar refractivity (Wildman–Crippen MR) is 68.2 cm³/mol. The average molecular weight is 246 g/mol. The van der Waals surface area contributed by atoms with Gasteiger partial charge < -0.3 is 4.74 Å². The molecule has 1 aromatic rings. The highest BCUT2D eigenvalue weighted by Gasteiger charge is 2.73. The number of hydrogen-bond acceptors (Lipinski definition) is 3. The van der Waals surface area contributed by atoms with E-state index in [0.717, 1.165) is 5.56 Å². The number of benzene rings is 1. The van der Waals surface area contributed by atoms with Crippen molar-refractivity contribution in [2.24, 2.45) is 5.41 Å². The van der Waals surface area contributed by atoms with Gasteiger partial charge in [0.1, 0.15) is 11.2 Å². The summed E-state index contributed by atoms with van der Waals surface area (Å²) < 4.78 is 5.09. The fourth-order valence-electron chi connectivity index (χ4n) is 2.85. The molecule has 0 spiro atoms. The van der Waals surface area contributed by atoms with Gasteiger partial charge in [-0.05, 0) is 25.8 Å². The number of Topliss-reactive ketones (excluding diaryl/α,β-unsaturated/α-hetero) is 1. The zero-order chi connectivity index (χ0) is 13.4. The van der Waals surface area contributed by atoms with Crippen LogP contribution in [0.15, 0.2) is 30.3 Å². The summed E-state index contributed by atoms with van der Waals surface area (Å²) in [4.78, 5) is 24.0. The van der Waals surface area contributed by atoms with Crippen LogP contribution in [0.25, 0.3) is 0 Å². The molecule has 3 heteroatoms. The Morgan fingerprint density at radius 2 is 1.89 bits per heavy atom. The van der Waals surface area contributed by atoms with Crippen LogP contribution in [-0.2, 0) is 19.7 Å². The minimum atomic E-state index is -0.982. The zero-order valence-electron chi connectivity index (χ0n) is 11.0. The van der Waals surface area contributed by atoms with E-state index in [1.54, 1.807) is 6.92 Å². The van der Waals surface area contributed by atoms with Crippen LogP contribution in [0.1, 0.15) is 32.8 Å². The molecule has 1 fully saturated rings. The third-order valence-corrected chi connectivity index (χ3v) is 4.07. The van der Waals surface area contributed by atoms with Crippen LogP contribution < -0.4 is 0 Å². The summed E-state index contributed by atoms with van der Waals surface area (Å²) in [6.45, 7) is 5.50. The van der Waals surface area contributed by atoms with Crippen molar-refractivity contribution in [3.05, 3.63) is 35.9 Å². The highest BCUT2D eigenvalue weighted by Crippen LogP contribution is 2.65. The lowest BCUT2D eigenvalue weighted by atomic mass is 9.85. The van der Waals surface area contributed by atoms with E-state index in [2.05, 4.69) is 0 Å². The molecule has 1 saturated carbocycles. The number of carbonyl (C=O) groups excluding carboxylic acids is 2. The first-order valence-corrected chi connectivity index (χ1v) is 6.23. The van der Waals surface area contributed by atoms with Gasteiger partial charge in [-0.25, -0.2) is 0 Å². The zero-order valence-corrected chi connectivity index (χ0v) is 11.0. The lowest BCUT2D eigenvalue weighted by Crippen LogP contribution is -2.33. The third-order valence-electron chi connectivity index (χ3n) is 4.07. The van der Waals surface area contributed by atoms with Gasteiger partial charge in [-0.2, -0.15) is 0 Å². The molecule has 0 heterocycles. The van der Waals surface area contributed by atoms with E-state index in [9.17, 15) is 9.59 Å². The molecule has 0 amide bonds. The molecule has 1 aliphatic rings. The topological polar surface area (TPSA) is 43.4 Å². The van der Waals surface area contributed by atoms with Crippen molar-refractivity contribution in [1.29, 1.82) is 0 Å². The fourth-order valence-corrected chi connectivity index (χ4v) is 2.85. The third kappa shape index (κ3) is 1.57. The molecule has 0 aliphatic heterocycles. The molecule has 96 valence electrons. The second kappa shape index (κ2) is 4.23. The monoisotopic (exact) mass is 246 g/mol. The molecule has 0 aromatic heterocycles. The molecule has 3 nitrogen and oxygen atoms in total. The van der Waals surface area contributed by atoms with E-state index in [1.807, 2.05) is 37.3 Å². The van der Waals surface area contributed by atoms with Crippen LogP contribution in [0, 0.1) is 5.41 Å². The molecule has 1 aromatic carbocycles. The van der Waals surface area contributed by atoms with Gasteiger partial charge in [0, 0.05) is 5.41 Å². The molecule has 2 rings (SSSR count). The Labute approximate surface area is 107 Å². The van der Waals surface area contributed by atoms with Gasteiger partial charge >= 0.3 is 5.97 Å². The number of rotatable bonds is 4. The van der Waals surface area contributed by atoms with E-state index >= 15 is 0 Å². The molecule has 0 saturated heterocycles. The maximum absolute atomic E-state index is 12.1. The lowest BCUT2D eigenvalue weighted by Gasteiger charge is -2.19. The Bertz CT molecular complexity index is 480. The van der Waals surface area contributed by atoms with Crippen molar-refractivity contribution in [1.82, 2.24) is 0 Å². The molecule has 1 aliphatic carbocycles. The van der Waals surface area contributed by atoms with Crippen LogP contribution in [0.5, 0.6) is 0 Å². The van der Waals surface area contributed by atoms with Crippen LogP contribution in [-0.4, -0.2) is 18.4 Å². The van der Waals surface area contributed by atoms with Crippen molar-refractivity contribution in [3.8, 4) is 0 Å². The van der Waals surface area contributed by atoms with E-state index in [4.69, 9.17) is 4.74 Å². The van der Waals surface area contributed by atoms with Gasteiger partial charge in [0.25, 0.3) is 0 Å². The van der Waals surface area contributed by atoms with Gasteiger partial charge in [0.05, 0.1) is 6.61 Å². The van der Waals surface area contributed by atoms with Crippen molar-refractivity contribution in [2.45, 2.75) is 32.6 Å². The molecular weight excluding hydrogens is 228 g/mol. The van der Waals surface area contributed by atoms with Crippen molar-refractivity contribution in [3.63, 3.8) is 0 Å². The first kappa shape index (κ1) is 12.8. The average Bonchev–Trinajstić information content (AvgIpc) is 3.01. The summed E-state index contributed by atoms with van der Waals surface area (Å²) in [5.74, 6) is -0.490. The number of ketones is 1. The van der Waals surface area contributed by atoms with Gasteiger partial charge in [0.15, 0.2) is 0 Å². The minimum absolute atomic E-state index is 0.104. The molecule has 0 N–H and O–H groups in total. The summed E-state index contributed by atoms with van der Waals surface area (Å²) >= 11 is 0. The van der Waals surface area contributed by atoms with Gasteiger partial charge in [-0.15, -0.1) is 0 Å². The second-order valence-electron chi connectivity index (χ2n) is 5.06. The first-order chi connectivity index (χ1) is 8.49. The number of ether oxygens (including phenoxy) is 1. The Morgan fingerprint density at radius 1 is 1.28 bits per heavy atom. The highest BCUT2D eigenvalue weighted by molar-refractivity contribution is 6.08. The molecule has 18 heavy (non-hydrogen) atoms. The smallest absolute Gasteiger partial charge is 0.320 e. The van der Waals surface area contributed by atoms with Crippen LogP contribution in [0.3, 0.4) is 0 Å². The SMILES string of the molecule is CCOC(=O)C1(C(C)=O)CC1(C)c1ccccc1. The summed E-state index contributed by atoms with van der Waals surface area (Å²) in [5.41, 5.74) is -0.385. The Kier molecular flexibility index (Phi) is 3.01. The van der Waals surface area contributed by atoms with Crippen LogP contribution in [0.2, 0.25) is 0 Å². The van der Waals surface area contributed by atoms with Gasteiger partial charge in [-0.1, -0.05) is 37.3 Å². The fraction of sp³-hybridized carbons (Fsp3) is 0.467. The molecule has 0 bridgehead atoms. The standard InChI is InChI=1S/C15H18O3/c1-4-18-13(17)15(11(2)16)10-14(15,3)12-8-6-5-7-9-12/h5-9H,4,10H2,1-3H3. The first-order valence-electron chi connectivity index (χ1n) is 6.23. The predicted octanol–water partition coefficient (Wildman–Crippen LogP) is 2.49. The summed E-state index contributed by atoms with van der Waals surface area (Å²) in [6.07, 6.45) is 0.540. The number of hydrogen-bond donors (Lipinski definition) is 0. The van der Waals surface area contributed by atoms with Crippen LogP contribution >= 0.6 is 0 Å². The largest absolute Gasteiger partial charge is 0.465 e. The van der Waals surface area contributed by atoms with E-state index in [1.165, 1.54) is 6.92 Å². The molecular formula is C15H18O3. The molecule has 2 unspecified atom stereocenters. The number of carbonyl (C=O) groups is 2.